The van der Waals surface area contributed by atoms with Gasteiger partial charge in [0.15, 0.2) is 17.0 Å². The van der Waals surface area contributed by atoms with Crippen molar-refractivity contribution in [2.45, 2.75) is 30.7 Å². The van der Waals surface area contributed by atoms with E-state index < -0.39 is 15.4 Å². The van der Waals surface area contributed by atoms with E-state index in [2.05, 4.69) is 20.3 Å². The Bertz CT molecular complexity index is 704. The molecule has 0 radical (unpaired) electrons. The Hall–Kier alpha value is -0.820. The maximum Gasteiger partial charge on any atom is 0.229 e. The van der Waals surface area contributed by atoms with Crippen LogP contribution in [-0.4, -0.2) is 29.2 Å². The van der Waals surface area contributed by atoms with Crippen LogP contribution in [0.4, 0.5) is 0 Å². The molecular formula is C12H13Cl4N5O. The van der Waals surface area contributed by atoms with Crippen LogP contribution in [0.2, 0.25) is 5.15 Å². The molecule has 0 bridgehead atoms. The van der Waals surface area contributed by atoms with Crippen LogP contribution in [0.1, 0.15) is 26.9 Å². The molecule has 0 saturated carbocycles. The Morgan fingerprint density at radius 1 is 1.23 bits per heavy atom. The summed E-state index contributed by atoms with van der Waals surface area (Å²) in [7, 11) is 0. The summed E-state index contributed by atoms with van der Waals surface area (Å²) in [5.41, 5.74) is 0.0518. The van der Waals surface area contributed by atoms with Gasteiger partial charge in [-0.05, 0) is 0 Å². The quantitative estimate of drug-likeness (QED) is 0.635. The van der Waals surface area contributed by atoms with Crippen molar-refractivity contribution in [2.24, 2.45) is 5.41 Å². The third-order valence-electron chi connectivity index (χ3n) is 2.85. The zero-order chi connectivity index (χ0) is 16.7. The molecule has 0 fully saturated rings. The summed E-state index contributed by atoms with van der Waals surface area (Å²) in [5, 5.41) is 2.87. The molecule has 1 atom stereocenters. The van der Waals surface area contributed by atoms with Crippen molar-refractivity contribution in [2.75, 3.05) is 0 Å². The minimum Gasteiger partial charge on any atom is -0.331 e. The van der Waals surface area contributed by atoms with E-state index in [9.17, 15) is 4.79 Å². The molecule has 2 aromatic rings. The second-order valence-corrected chi connectivity index (χ2v) is 8.38. The van der Waals surface area contributed by atoms with Crippen LogP contribution in [-0.2, 0) is 4.79 Å². The fraction of sp³-hybridized carbons (Fsp3) is 0.500. The van der Waals surface area contributed by atoms with E-state index in [0.29, 0.717) is 11.2 Å². The van der Waals surface area contributed by atoms with Gasteiger partial charge in [0.05, 0.1) is 6.33 Å². The fourth-order valence-electron chi connectivity index (χ4n) is 1.66. The third-order valence-corrected chi connectivity index (χ3v) is 3.75. The summed E-state index contributed by atoms with van der Waals surface area (Å²) in [5.74, 6) is -0.286. The molecule has 0 aliphatic heterocycles. The van der Waals surface area contributed by atoms with Crippen molar-refractivity contribution >= 4 is 63.5 Å². The van der Waals surface area contributed by atoms with Gasteiger partial charge in [-0.15, -0.1) is 0 Å². The number of alkyl halides is 3. The number of carbonyl (C=O) groups excluding carboxylic acids is 1. The highest BCUT2D eigenvalue weighted by Crippen LogP contribution is 2.38. The molecule has 1 amide bonds. The lowest BCUT2D eigenvalue weighted by atomic mass is 9.95. The SMILES string of the molecule is CC(C)(C)C(=O)N[C@@H](n1cnc2c(Cl)ncnc21)C(Cl)(Cl)Cl. The van der Waals surface area contributed by atoms with E-state index in [1.165, 1.54) is 17.2 Å². The number of aromatic nitrogens is 4. The van der Waals surface area contributed by atoms with Crippen molar-refractivity contribution in [3.8, 4) is 0 Å². The molecule has 120 valence electrons. The van der Waals surface area contributed by atoms with Crippen LogP contribution in [0, 0.1) is 5.41 Å². The summed E-state index contributed by atoms with van der Waals surface area (Å²) in [6, 6.07) is 0. The van der Waals surface area contributed by atoms with Crippen LogP contribution < -0.4 is 5.32 Å². The fourth-order valence-corrected chi connectivity index (χ4v) is 2.32. The molecule has 0 unspecified atom stereocenters. The molecule has 22 heavy (non-hydrogen) atoms. The Kier molecular flexibility index (Phi) is 4.78. The smallest absolute Gasteiger partial charge is 0.229 e. The van der Waals surface area contributed by atoms with Gasteiger partial charge in [0, 0.05) is 5.41 Å². The summed E-state index contributed by atoms with van der Waals surface area (Å²) >= 11 is 24.0. The lowest BCUT2D eigenvalue weighted by Crippen LogP contribution is -2.44. The molecule has 0 spiro atoms. The third kappa shape index (κ3) is 3.56. The monoisotopic (exact) mass is 383 g/mol. The number of hydrogen-bond acceptors (Lipinski definition) is 4. The molecule has 2 rings (SSSR count). The Labute approximate surface area is 147 Å². The normalized spacial score (nSPS) is 14.1. The number of imidazole rings is 1. The predicted octanol–water partition coefficient (Wildman–Crippen LogP) is 3.51. The molecule has 0 saturated heterocycles. The van der Waals surface area contributed by atoms with E-state index in [1.807, 2.05) is 0 Å². The molecule has 6 nitrogen and oxygen atoms in total. The maximum atomic E-state index is 12.2. The second-order valence-electron chi connectivity index (χ2n) is 5.66. The molecule has 10 heteroatoms. The minimum absolute atomic E-state index is 0.175. The van der Waals surface area contributed by atoms with E-state index >= 15 is 0 Å². The van der Waals surface area contributed by atoms with Crippen molar-refractivity contribution in [1.29, 1.82) is 0 Å². The highest BCUT2D eigenvalue weighted by Gasteiger charge is 2.38. The van der Waals surface area contributed by atoms with Gasteiger partial charge < -0.3 is 5.32 Å². The Balaban J connectivity index is 2.50. The van der Waals surface area contributed by atoms with E-state index in [1.54, 1.807) is 20.8 Å². The van der Waals surface area contributed by atoms with Crippen molar-refractivity contribution < 1.29 is 4.79 Å². The predicted molar refractivity (Wildman–Crippen MR) is 87.3 cm³/mol. The van der Waals surface area contributed by atoms with E-state index in [0.717, 1.165) is 0 Å². The van der Waals surface area contributed by atoms with Crippen LogP contribution >= 0.6 is 46.4 Å². The number of halogens is 4. The summed E-state index contributed by atoms with van der Waals surface area (Å²) in [6.45, 7) is 5.26. The lowest BCUT2D eigenvalue weighted by Gasteiger charge is -2.29. The van der Waals surface area contributed by atoms with Gasteiger partial charge in [0.2, 0.25) is 9.70 Å². The first-order valence-corrected chi connectivity index (χ1v) is 7.73. The standard InChI is InChI=1S/C12H13Cl4N5O/c1-11(2,3)10(22)20-9(12(14,15)16)21-5-19-6-7(13)17-4-18-8(6)21/h4-5,9H,1-3H3,(H,20,22)/t9-/m0/s1. The van der Waals surface area contributed by atoms with Gasteiger partial charge >= 0.3 is 0 Å². The molecule has 2 aromatic heterocycles. The zero-order valence-electron chi connectivity index (χ0n) is 11.9. The largest absolute Gasteiger partial charge is 0.331 e. The van der Waals surface area contributed by atoms with Crippen molar-refractivity contribution in [3.05, 3.63) is 17.8 Å². The van der Waals surface area contributed by atoms with Gasteiger partial charge in [0.1, 0.15) is 11.8 Å². The topological polar surface area (TPSA) is 72.7 Å². The number of amides is 1. The molecule has 0 aromatic carbocycles. The van der Waals surface area contributed by atoms with Gasteiger partial charge in [-0.1, -0.05) is 67.2 Å². The minimum atomic E-state index is -1.81. The highest BCUT2D eigenvalue weighted by atomic mass is 35.6. The first kappa shape index (κ1) is 17.5. The summed E-state index contributed by atoms with van der Waals surface area (Å²) in [4.78, 5) is 24.3. The van der Waals surface area contributed by atoms with E-state index in [4.69, 9.17) is 46.4 Å². The van der Waals surface area contributed by atoms with Crippen molar-refractivity contribution in [1.82, 2.24) is 24.8 Å². The van der Waals surface area contributed by atoms with Crippen LogP contribution in [0.25, 0.3) is 11.2 Å². The first-order valence-electron chi connectivity index (χ1n) is 6.22. The van der Waals surface area contributed by atoms with Crippen LogP contribution in [0.5, 0.6) is 0 Å². The van der Waals surface area contributed by atoms with Crippen LogP contribution in [0.15, 0.2) is 12.7 Å². The lowest BCUT2D eigenvalue weighted by molar-refractivity contribution is -0.129. The maximum absolute atomic E-state index is 12.2. The van der Waals surface area contributed by atoms with Gasteiger partial charge in [-0.3, -0.25) is 9.36 Å². The summed E-state index contributed by atoms with van der Waals surface area (Å²) in [6.07, 6.45) is 1.66. The zero-order valence-corrected chi connectivity index (χ0v) is 15.0. The first-order chi connectivity index (χ1) is 10.0. The molecular weight excluding hydrogens is 372 g/mol. The average Bonchev–Trinajstić information content (AvgIpc) is 2.78. The molecule has 1 N–H and O–H groups in total. The number of nitrogens with zero attached hydrogens (tertiary/aromatic N) is 4. The Morgan fingerprint density at radius 3 is 2.41 bits per heavy atom. The second kappa shape index (κ2) is 6.00. The van der Waals surface area contributed by atoms with Crippen LogP contribution in [0.3, 0.4) is 0 Å². The highest BCUT2D eigenvalue weighted by molar-refractivity contribution is 6.68. The number of fused-ring (bicyclic) bond motifs is 1. The van der Waals surface area contributed by atoms with Gasteiger partial charge in [-0.2, -0.15) is 0 Å². The number of carbonyl (C=O) groups is 1. The van der Waals surface area contributed by atoms with Crippen molar-refractivity contribution in [3.63, 3.8) is 0 Å². The summed E-state index contributed by atoms with van der Waals surface area (Å²) < 4.78 is -0.370. The van der Waals surface area contributed by atoms with Gasteiger partial charge in [0.25, 0.3) is 0 Å². The average molecular weight is 385 g/mol. The Morgan fingerprint density at radius 2 is 1.86 bits per heavy atom. The number of rotatable bonds is 2. The molecule has 0 aliphatic rings. The number of nitrogens with one attached hydrogen (secondary N) is 1. The number of hydrogen-bond donors (Lipinski definition) is 1. The molecule has 0 aliphatic carbocycles. The van der Waals surface area contributed by atoms with Gasteiger partial charge in [-0.25, -0.2) is 15.0 Å². The molecule has 2 heterocycles. The van der Waals surface area contributed by atoms with E-state index in [-0.39, 0.29) is 11.1 Å².